The molecule has 0 fully saturated rings. The van der Waals surface area contributed by atoms with Gasteiger partial charge in [-0.3, -0.25) is 4.90 Å². The summed E-state index contributed by atoms with van der Waals surface area (Å²) >= 11 is 0. The molecule has 1 aliphatic rings. The molecule has 1 heterocycles. The lowest BCUT2D eigenvalue weighted by Crippen LogP contribution is -2.46. The second kappa shape index (κ2) is 9.52. The molecule has 2 aromatic carbocycles. The molecule has 2 aromatic rings. The molecule has 6 nitrogen and oxygen atoms in total. The van der Waals surface area contributed by atoms with Gasteiger partial charge in [-0.15, -0.1) is 0 Å². The largest absolute Gasteiger partial charge is 0.489 e. The number of esters is 1. The third kappa shape index (κ3) is 5.60. The van der Waals surface area contributed by atoms with Gasteiger partial charge in [0.15, 0.2) is 6.04 Å². The van der Waals surface area contributed by atoms with Crippen LogP contribution in [0.5, 0.6) is 5.75 Å². The number of hydrogen-bond acceptors (Lipinski definition) is 5. The monoisotopic (exact) mass is 483 g/mol. The van der Waals surface area contributed by atoms with Crippen molar-refractivity contribution in [3.8, 4) is 5.75 Å². The Hall–Kier alpha value is -3.30. The van der Waals surface area contributed by atoms with Crippen LogP contribution in [0.2, 0.25) is 0 Å². The van der Waals surface area contributed by atoms with E-state index in [-0.39, 0.29) is 12.3 Å². The maximum Gasteiger partial charge on any atom is 0.416 e. The quantitative estimate of drug-likeness (QED) is 0.429. The Morgan fingerprint density at radius 2 is 1.82 bits per heavy atom. The highest BCUT2D eigenvalue weighted by atomic mass is 19.4. The van der Waals surface area contributed by atoms with Gasteiger partial charge in [-0.1, -0.05) is 12.1 Å². The Morgan fingerprint density at radius 1 is 1.12 bits per heavy atom. The molecule has 0 saturated carbocycles. The summed E-state index contributed by atoms with van der Waals surface area (Å²) in [5.41, 5.74) is -1.34. The molecule has 0 saturated heterocycles. The Labute approximate surface area is 194 Å². The van der Waals surface area contributed by atoms with E-state index in [1.807, 2.05) is 0 Å². The molecular weight excluding hydrogens is 458 g/mol. The molecule has 0 aliphatic carbocycles. The number of alkyl halides is 3. The average Bonchev–Trinajstić information content (AvgIpc) is 2.74. The molecule has 1 amide bonds. The SMILES string of the molecule is COC(=O)[C@H]1c2ccc(OCc3c(F)cccc3C(F)(F)F)cc2CCN1C(=O)OC(C)(C)C. The van der Waals surface area contributed by atoms with Crippen LogP contribution in [0.4, 0.5) is 22.4 Å². The Balaban J connectivity index is 1.86. The van der Waals surface area contributed by atoms with Crippen molar-refractivity contribution >= 4 is 12.1 Å². The van der Waals surface area contributed by atoms with E-state index in [2.05, 4.69) is 0 Å². The lowest BCUT2D eigenvalue weighted by Gasteiger charge is -2.36. The van der Waals surface area contributed by atoms with Crippen molar-refractivity contribution in [3.05, 3.63) is 64.5 Å². The lowest BCUT2D eigenvalue weighted by molar-refractivity contribution is -0.147. The van der Waals surface area contributed by atoms with E-state index in [4.69, 9.17) is 14.2 Å². The molecule has 0 radical (unpaired) electrons. The fraction of sp³-hybridized carbons (Fsp3) is 0.417. The van der Waals surface area contributed by atoms with Crippen LogP contribution in [0.15, 0.2) is 36.4 Å². The van der Waals surface area contributed by atoms with Gasteiger partial charge in [0, 0.05) is 12.1 Å². The number of rotatable bonds is 4. The van der Waals surface area contributed by atoms with Crippen LogP contribution < -0.4 is 4.74 Å². The summed E-state index contributed by atoms with van der Waals surface area (Å²) in [5, 5.41) is 0. The zero-order valence-electron chi connectivity index (χ0n) is 19.2. The Bertz CT molecular complexity index is 1080. The number of carbonyl (C=O) groups is 2. The minimum atomic E-state index is -4.73. The van der Waals surface area contributed by atoms with Crippen LogP contribution in [0.3, 0.4) is 0 Å². The molecule has 34 heavy (non-hydrogen) atoms. The molecule has 0 bridgehead atoms. The van der Waals surface area contributed by atoms with Crippen LogP contribution in [-0.4, -0.2) is 36.2 Å². The standard InChI is InChI=1S/C24H25F4NO5/c1-23(2,3)34-22(31)29-11-10-14-12-15(8-9-16(14)20(29)21(30)32-4)33-13-17-18(24(26,27)28)6-5-7-19(17)25/h5-9,12,20H,10-11,13H2,1-4H3/t20-/m1/s1. The zero-order chi connectivity index (χ0) is 25.3. The highest BCUT2D eigenvalue weighted by Crippen LogP contribution is 2.36. The molecule has 10 heteroatoms. The molecule has 1 atom stereocenters. The predicted molar refractivity (Wildman–Crippen MR) is 114 cm³/mol. The molecule has 0 spiro atoms. The first-order valence-corrected chi connectivity index (χ1v) is 10.5. The summed E-state index contributed by atoms with van der Waals surface area (Å²) in [6.07, 6.45) is -5.06. The smallest absolute Gasteiger partial charge is 0.416 e. The Kier molecular flexibility index (Phi) is 7.09. The lowest BCUT2D eigenvalue weighted by atomic mass is 9.92. The third-order valence-corrected chi connectivity index (χ3v) is 5.20. The van der Waals surface area contributed by atoms with Crippen LogP contribution in [-0.2, 0) is 33.5 Å². The highest BCUT2D eigenvalue weighted by molar-refractivity contribution is 5.84. The first-order chi connectivity index (χ1) is 15.8. The highest BCUT2D eigenvalue weighted by Gasteiger charge is 2.39. The maximum absolute atomic E-state index is 14.1. The van der Waals surface area contributed by atoms with Crippen molar-refractivity contribution < 1.29 is 41.4 Å². The van der Waals surface area contributed by atoms with Gasteiger partial charge in [0.2, 0.25) is 0 Å². The van der Waals surface area contributed by atoms with Gasteiger partial charge in [0.1, 0.15) is 23.8 Å². The number of carbonyl (C=O) groups excluding carboxylic acids is 2. The van der Waals surface area contributed by atoms with Gasteiger partial charge in [0.05, 0.1) is 12.7 Å². The van der Waals surface area contributed by atoms with Crippen LogP contribution in [0.25, 0.3) is 0 Å². The number of methoxy groups -OCH3 is 1. The molecule has 0 unspecified atom stereocenters. The van der Waals surface area contributed by atoms with E-state index in [0.717, 1.165) is 18.2 Å². The van der Waals surface area contributed by atoms with Gasteiger partial charge in [-0.25, -0.2) is 14.0 Å². The molecule has 184 valence electrons. The van der Waals surface area contributed by atoms with E-state index in [1.54, 1.807) is 26.8 Å². The topological polar surface area (TPSA) is 65.1 Å². The van der Waals surface area contributed by atoms with Crippen LogP contribution in [0, 0.1) is 5.82 Å². The zero-order valence-corrected chi connectivity index (χ0v) is 19.2. The normalized spacial score (nSPS) is 16.0. The summed E-state index contributed by atoms with van der Waals surface area (Å²) in [6, 6.07) is 6.21. The molecular formula is C24H25F4NO5. The van der Waals surface area contributed by atoms with E-state index < -0.39 is 53.4 Å². The van der Waals surface area contributed by atoms with Crippen molar-refractivity contribution in [2.45, 2.75) is 51.6 Å². The first kappa shape index (κ1) is 25.3. The number of nitrogens with zero attached hydrogens (tertiary/aromatic N) is 1. The fourth-order valence-electron chi connectivity index (χ4n) is 3.70. The van der Waals surface area contributed by atoms with E-state index in [1.165, 1.54) is 24.1 Å². The van der Waals surface area contributed by atoms with Crippen molar-refractivity contribution in [1.82, 2.24) is 4.90 Å². The van der Waals surface area contributed by atoms with Crippen LogP contribution >= 0.6 is 0 Å². The predicted octanol–water partition coefficient (Wildman–Crippen LogP) is 5.43. The summed E-state index contributed by atoms with van der Waals surface area (Å²) in [7, 11) is 1.20. The summed E-state index contributed by atoms with van der Waals surface area (Å²) < 4.78 is 69.5. The Morgan fingerprint density at radius 3 is 2.44 bits per heavy atom. The minimum absolute atomic E-state index is 0.149. The number of ether oxygens (including phenoxy) is 3. The van der Waals surface area contributed by atoms with Crippen molar-refractivity contribution in [2.24, 2.45) is 0 Å². The number of halogens is 4. The minimum Gasteiger partial charge on any atom is -0.489 e. The average molecular weight is 483 g/mol. The van der Waals surface area contributed by atoms with Crippen LogP contribution in [0.1, 0.15) is 49.1 Å². The maximum atomic E-state index is 14.1. The number of hydrogen-bond donors (Lipinski definition) is 0. The van der Waals surface area contributed by atoms with Gasteiger partial charge in [-0.05, 0) is 62.6 Å². The number of fused-ring (bicyclic) bond motifs is 1. The van der Waals surface area contributed by atoms with Crippen molar-refractivity contribution in [3.63, 3.8) is 0 Å². The van der Waals surface area contributed by atoms with E-state index >= 15 is 0 Å². The van der Waals surface area contributed by atoms with E-state index in [9.17, 15) is 27.2 Å². The fourth-order valence-corrected chi connectivity index (χ4v) is 3.70. The second-order valence-electron chi connectivity index (χ2n) is 8.76. The number of benzene rings is 2. The van der Waals surface area contributed by atoms with Gasteiger partial charge in [-0.2, -0.15) is 13.2 Å². The third-order valence-electron chi connectivity index (χ3n) is 5.20. The van der Waals surface area contributed by atoms with Crippen molar-refractivity contribution in [2.75, 3.05) is 13.7 Å². The summed E-state index contributed by atoms with van der Waals surface area (Å²) in [5.74, 6) is -1.49. The molecule has 1 aliphatic heterocycles. The van der Waals surface area contributed by atoms with E-state index in [0.29, 0.717) is 17.5 Å². The van der Waals surface area contributed by atoms with Gasteiger partial charge in [0.25, 0.3) is 0 Å². The second-order valence-corrected chi connectivity index (χ2v) is 8.76. The molecule has 0 aromatic heterocycles. The van der Waals surface area contributed by atoms with Crippen molar-refractivity contribution in [1.29, 1.82) is 0 Å². The molecule has 3 rings (SSSR count). The summed E-state index contributed by atoms with van der Waals surface area (Å²) in [6.45, 7) is 4.64. The summed E-state index contributed by atoms with van der Waals surface area (Å²) in [4.78, 5) is 26.5. The number of amides is 1. The van der Waals surface area contributed by atoms with Gasteiger partial charge < -0.3 is 14.2 Å². The molecule has 0 N–H and O–H groups in total. The first-order valence-electron chi connectivity index (χ1n) is 10.5. The van der Waals surface area contributed by atoms with Gasteiger partial charge >= 0.3 is 18.2 Å².